The van der Waals surface area contributed by atoms with Crippen LogP contribution in [-0.2, 0) is 4.74 Å². The highest BCUT2D eigenvalue weighted by Crippen LogP contribution is 2.19. The van der Waals surface area contributed by atoms with Gasteiger partial charge in [-0.2, -0.15) is 0 Å². The summed E-state index contributed by atoms with van der Waals surface area (Å²) >= 11 is 0. The molecule has 0 heterocycles. The van der Waals surface area contributed by atoms with Gasteiger partial charge in [0.1, 0.15) is 0 Å². The maximum absolute atomic E-state index is 9.14. The third-order valence-electron chi connectivity index (χ3n) is 3.04. The summed E-state index contributed by atoms with van der Waals surface area (Å²) in [6, 6.07) is 0. The van der Waals surface area contributed by atoms with Gasteiger partial charge in [0.15, 0.2) is 0 Å². The molecule has 92 valence electrons. The van der Waals surface area contributed by atoms with Gasteiger partial charge < -0.3 is 9.84 Å². The van der Waals surface area contributed by atoms with Crippen molar-refractivity contribution < 1.29 is 9.84 Å². The summed E-state index contributed by atoms with van der Waals surface area (Å²) in [5.74, 6) is 0.659. The number of aliphatic hydroxyl groups excluding tert-OH is 1. The predicted octanol–water partition coefficient (Wildman–Crippen LogP) is 3.38. The number of hydrogen-bond donors (Lipinski definition) is 1. The zero-order valence-electron chi connectivity index (χ0n) is 10.8. The van der Waals surface area contributed by atoms with Crippen molar-refractivity contribution in [3.63, 3.8) is 0 Å². The van der Waals surface area contributed by atoms with Gasteiger partial charge in [0, 0.05) is 7.11 Å². The highest BCUT2D eigenvalue weighted by molar-refractivity contribution is 4.66. The third kappa shape index (κ3) is 7.80. The van der Waals surface area contributed by atoms with E-state index in [2.05, 4.69) is 13.8 Å². The monoisotopic (exact) mass is 216 g/mol. The smallest absolute Gasteiger partial charge is 0.0596 e. The standard InChI is InChI=1S/C13H28O2/c1-5-8-11(2)13(15-4)10-7-6-9-12(3)14/h11-14H,5-10H2,1-4H3. The van der Waals surface area contributed by atoms with Crippen LogP contribution in [0.2, 0.25) is 0 Å². The Kier molecular flexibility index (Phi) is 9.12. The fraction of sp³-hybridized carbons (Fsp3) is 1.00. The van der Waals surface area contributed by atoms with Crippen molar-refractivity contribution in [1.29, 1.82) is 0 Å². The van der Waals surface area contributed by atoms with E-state index >= 15 is 0 Å². The largest absolute Gasteiger partial charge is 0.393 e. The van der Waals surface area contributed by atoms with Crippen LogP contribution in [0.25, 0.3) is 0 Å². The molecule has 0 aromatic rings. The quantitative estimate of drug-likeness (QED) is 0.599. The lowest BCUT2D eigenvalue weighted by Gasteiger charge is -2.22. The zero-order chi connectivity index (χ0) is 11.7. The van der Waals surface area contributed by atoms with Crippen LogP contribution < -0.4 is 0 Å². The van der Waals surface area contributed by atoms with Crippen molar-refractivity contribution >= 4 is 0 Å². The molecule has 0 aromatic heterocycles. The summed E-state index contributed by atoms with van der Waals surface area (Å²) in [6.07, 6.45) is 7.04. The summed E-state index contributed by atoms with van der Waals surface area (Å²) in [7, 11) is 1.81. The Bertz CT molecular complexity index is 134. The number of unbranched alkanes of at least 4 members (excludes halogenated alkanes) is 1. The molecule has 3 unspecified atom stereocenters. The number of rotatable bonds is 9. The van der Waals surface area contributed by atoms with Gasteiger partial charge in [0.05, 0.1) is 12.2 Å². The SMILES string of the molecule is CCCC(C)C(CCCCC(C)O)OC. The van der Waals surface area contributed by atoms with Crippen molar-refractivity contribution in [2.24, 2.45) is 5.92 Å². The van der Waals surface area contributed by atoms with Gasteiger partial charge in [0.2, 0.25) is 0 Å². The van der Waals surface area contributed by atoms with Crippen LogP contribution in [0.5, 0.6) is 0 Å². The second-order valence-electron chi connectivity index (χ2n) is 4.67. The van der Waals surface area contributed by atoms with Crippen LogP contribution in [0.3, 0.4) is 0 Å². The van der Waals surface area contributed by atoms with Gasteiger partial charge in [-0.15, -0.1) is 0 Å². The highest BCUT2D eigenvalue weighted by atomic mass is 16.5. The predicted molar refractivity (Wildman–Crippen MR) is 65.0 cm³/mol. The number of hydrogen-bond acceptors (Lipinski definition) is 2. The average Bonchev–Trinajstić information content (AvgIpc) is 2.17. The van der Waals surface area contributed by atoms with Gasteiger partial charge in [-0.3, -0.25) is 0 Å². The lowest BCUT2D eigenvalue weighted by Crippen LogP contribution is -2.20. The Morgan fingerprint density at radius 3 is 2.13 bits per heavy atom. The van der Waals surface area contributed by atoms with Crippen molar-refractivity contribution in [2.75, 3.05) is 7.11 Å². The van der Waals surface area contributed by atoms with E-state index in [-0.39, 0.29) is 6.10 Å². The number of aliphatic hydroxyl groups is 1. The molecule has 0 rings (SSSR count). The molecular weight excluding hydrogens is 188 g/mol. The van der Waals surface area contributed by atoms with Crippen LogP contribution in [0, 0.1) is 5.92 Å². The van der Waals surface area contributed by atoms with E-state index in [9.17, 15) is 0 Å². The van der Waals surface area contributed by atoms with E-state index in [1.807, 2.05) is 14.0 Å². The van der Waals surface area contributed by atoms with Gasteiger partial charge in [-0.05, 0) is 32.1 Å². The van der Waals surface area contributed by atoms with E-state index in [0.29, 0.717) is 12.0 Å². The van der Waals surface area contributed by atoms with Crippen LogP contribution in [0.1, 0.15) is 59.3 Å². The summed E-state index contributed by atoms with van der Waals surface area (Å²) in [5, 5.41) is 9.14. The molecule has 0 aromatic carbocycles. The van der Waals surface area contributed by atoms with Crippen molar-refractivity contribution in [3.8, 4) is 0 Å². The normalized spacial score (nSPS) is 17.4. The van der Waals surface area contributed by atoms with Crippen LogP contribution in [0.15, 0.2) is 0 Å². The topological polar surface area (TPSA) is 29.5 Å². The Morgan fingerprint density at radius 1 is 1.07 bits per heavy atom. The fourth-order valence-corrected chi connectivity index (χ4v) is 2.06. The molecule has 0 amide bonds. The van der Waals surface area contributed by atoms with Crippen LogP contribution >= 0.6 is 0 Å². The van der Waals surface area contributed by atoms with Crippen LogP contribution in [0.4, 0.5) is 0 Å². The first-order valence-corrected chi connectivity index (χ1v) is 6.32. The molecule has 0 aliphatic rings. The highest BCUT2D eigenvalue weighted by Gasteiger charge is 2.15. The second-order valence-corrected chi connectivity index (χ2v) is 4.67. The zero-order valence-corrected chi connectivity index (χ0v) is 10.8. The summed E-state index contributed by atoms with van der Waals surface area (Å²) < 4.78 is 5.51. The van der Waals surface area contributed by atoms with E-state index in [1.54, 1.807) is 0 Å². The first-order chi connectivity index (χ1) is 7.11. The molecule has 0 saturated heterocycles. The minimum Gasteiger partial charge on any atom is -0.393 e. The van der Waals surface area contributed by atoms with Crippen LogP contribution in [-0.4, -0.2) is 24.4 Å². The molecule has 15 heavy (non-hydrogen) atoms. The molecular formula is C13H28O2. The Morgan fingerprint density at radius 2 is 1.67 bits per heavy atom. The molecule has 0 aliphatic heterocycles. The van der Waals surface area contributed by atoms with Gasteiger partial charge in [-0.1, -0.05) is 33.1 Å². The summed E-state index contributed by atoms with van der Waals surface area (Å²) in [5.41, 5.74) is 0. The molecule has 1 N–H and O–H groups in total. The van der Waals surface area contributed by atoms with E-state index in [4.69, 9.17) is 9.84 Å². The Hall–Kier alpha value is -0.0800. The van der Waals surface area contributed by atoms with Gasteiger partial charge in [-0.25, -0.2) is 0 Å². The molecule has 0 spiro atoms. The molecule has 2 heteroatoms. The first-order valence-electron chi connectivity index (χ1n) is 6.32. The minimum absolute atomic E-state index is 0.154. The third-order valence-corrected chi connectivity index (χ3v) is 3.04. The number of methoxy groups -OCH3 is 1. The molecule has 0 fully saturated rings. The van der Waals surface area contributed by atoms with Gasteiger partial charge in [0.25, 0.3) is 0 Å². The molecule has 0 bridgehead atoms. The second kappa shape index (κ2) is 9.17. The van der Waals surface area contributed by atoms with Crippen molar-refractivity contribution in [2.45, 2.75) is 71.5 Å². The molecule has 0 aliphatic carbocycles. The molecule has 3 atom stereocenters. The number of ether oxygens (including phenoxy) is 1. The van der Waals surface area contributed by atoms with Crippen molar-refractivity contribution in [3.05, 3.63) is 0 Å². The summed E-state index contributed by atoms with van der Waals surface area (Å²) in [6.45, 7) is 6.34. The van der Waals surface area contributed by atoms with Crippen molar-refractivity contribution in [1.82, 2.24) is 0 Å². The first kappa shape index (κ1) is 14.9. The lowest BCUT2D eigenvalue weighted by atomic mass is 9.94. The maximum Gasteiger partial charge on any atom is 0.0596 e. The average molecular weight is 216 g/mol. The van der Waals surface area contributed by atoms with E-state index in [1.165, 1.54) is 12.8 Å². The minimum atomic E-state index is -0.154. The molecule has 0 radical (unpaired) electrons. The molecule has 2 nitrogen and oxygen atoms in total. The van der Waals surface area contributed by atoms with Gasteiger partial charge >= 0.3 is 0 Å². The Balaban J connectivity index is 3.60. The van der Waals surface area contributed by atoms with E-state index < -0.39 is 0 Å². The molecule has 0 saturated carbocycles. The van der Waals surface area contributed by atoms with E-state index in [0.717, 1.165) is 25.7 Å². The Labute approximate surface area is 95.0 Å². The maximum atomic E-state index is 9.14. The summed E-state index contributed by atoms with van der Waals surface area (Å²) in [4.78, 5) is 0. The lowest BCUT2D eigenvalue weighted by molar-refractivity contribution is 0.0455. The fourth-order valence-electron chi connectivity index (χ4n) is 2.06.